The number of ether oxygens (including phenoxy) is 3. The van der Waals surface area contributed by atoms with E-state index in [1.807, 2.05) is 0 Å². The van der Waals surface area contributed by atoms with Gasteiger partial charge in [0.15, 0.2) is 6.29 Å². The molecule has 0 bridgehead atoms. The van der Waals surface area contributed by atoms with Crippen LogP contribution in [0.5, 0.6) is 0 Å². The Morgan fingerprint density at radius 3 is 2.07 bits per heavy atom. The van der Waals surface area contributed by atoms with Crippen molar-refractivity contribution < 1.29 is 60.2 Å². The first-order chi connectivity index (χ1) is 25.6. The largest absolute Gasteiger partial charge is 0.394 e. The standard InChI is InChI=1S/C43H74O12/c1-22(2)10-9-14-43(8,55-26-18-23(32(47)35(50)33(26)48)21-53-38-37(52)36(51)34(49)27(20-44)54-38)24-11-16-42(7)31(24)25(45)19-29-40(5)15-13-30(46)39(3,4)28(40)12-17-41(29,42)6/h10,23-38,44-52H,9,11-21H2,1-8H3/t23-,24?,25-,26-,27-,28+,29-,30+,31+,32-,33+,34-,35+,36+,37-,38-,40+,41-,42-,43?/m1/s1. The molecule has 6 rings (SSSR count). The number of aliphatic hydroxyl groups excluding tert-OH is 9. The maximum Gasteiger partial charge on any atom is 0.186 e. The van der Waals surface area contributed by atoms with Gasteiger partial charge in [-0.1, -0.05) is 46.3 Å². The van der Waals surface area contributed by atoms with Crippen LogP contribution in [0, 0.1) is 51.2 Å². The van der Waals surface area contributed by atoms with E-state index in [2.05, 4.69) is 61.5 Å². The minimum Gasteiger partial charge on any atom is -0.394 e. The van der Waals surface area contributed by atoms with E-state index >= 15 is 0 Å². The molecule has 20 atom stereocenters. The highest BCUT2D eigenvalue weighted by atomic mass is 16.7. The maximum atomic E-state index is 12.5. The summed E-state index contributed by atoms with van der Waals surface area (Å²) < 4.78 is 18.4. The molecule has 1 heterocycles. The molecule has 2 unspecified atom stereocenters. The maximum absolute atomic E-state index is 12.5. The molecular weight excluding hydrogens is 708 g/mol. The van der Waals surface area contributed by atoms with Crippen molar-refractivity contribution in [3.05, 3.63) is 11.6 Å². The van der Waals surface area contributed by atoms with E-state index in [1.165, 1.54) is 5.57 Å². The van der Waals surface area contributed by atoms with Crippen molar-refractivity contribution in [3.63, 3.8) is 0 Å². The van der Waals surface area contributed by atoms with E-state index in [4.69, 9.17) is 14.2 Å². The lowest BCUT2D eigenvalue weighted by atomic mass is 9.35. The zero-order valence-corrected chi connectivity index (χ0v) is 34.5. The van der Waals surface area contributed by atoms with Crippen LogP contribution in [-0.2, 0) is 14.2 Å². The molecule has 0 spiro atoms. The SMILES string of the molecule is CC(C)=CCCC(C)(O[C@@H]1C[C@H](CO[C@@H]2O[C@H](CO)[C@@H](O)[C@H](O)[C@H]2O)[C@@H](O)[C@H](O)[C@H]1O)C1CC[C@]2(C)[C@@H]1[C@H](O)C[C@@H]1[C@@]3(C)CC[C@H](O)C(C)(C)[C@@H]3CC[C@]12C. The van der Waals surface area contributed by atoms with Gasteiger partial charge in [0.25, 0.3) is 0 Å². The van der Waals surface area contributed by atoms with Crippen molar-refractivity contribution in [3.8, 4) is 0 Å². The number of hydrogen-bond acceptors (Lipinski definition) is 12. The van der Waals surface area contributed by atoms with Crippen LogP contribution in [0.15, 0.2) is 11.6 Å². The molecule has 1 saturated heterocycles. The molecule has 318 valence electrons. The number of fused-ring (bicyclic) bond motifs is 5. The number of allylic oxidation sites excluding steroid dienone is 2. The van der Waals surface area contributed by atoms with Gasteiger partial charge >= 0.3 is 0 Å². The van der Waals surface area contributed by atoms with Crippen LogP contribution in [0.2, 0.25) is 0 Å². The molecular formula is C43H74O12. The molecule has 0 amide bonds. The molecule has 0 aromatic rings. The third-order valence-electron chi connectivity index (χ3n) is 17.2. The Balaban J connectivity index is 1.25. The number of aliphatic hydroxyl groups is 9. The molecule has 12 nitrogen and oxygen atoms in total. The van der Waals surface area contributed by atoms with Gasteiger partial charge in [-0.25, -0.2) is 0 Å². The topological polar surface area (TPSA) is 210 Å². The Bertz CT molecular complexity index is 1370. The molecule has 0 aromatic heterocycles. The van der Waals surface area contributed by atoms with Crippen molar-refractivity contribution in [2.45, 2.75) is 193 Å². The predicted molar refractivity (Wildman–Crippen MR) is 204 cm³/mol. The molecule has 6 fully saturated rings. The van der Waals surface area contributed by atoms with Gasteiger partial charge in [-0.2, -0.15) is 0 Å². The van der Waals surface area contributed by atoms with Crippen LogP contribution in [-0.4, -0.2) is 132 Å². The Kier molecular flexibility index (Phi) is 12.5. The summed E-state index contributed by atoms with van der Waals surface area (Å²) in [6.07, 6.45) is -3.50. The fourth-order valence-electron chi connectivity index (χ4n) is 13.7. The van der Waals surface area contributed by atoms with E-state index in [0.29, 0.717) is 24.7 Å². The van der Waals surface area contributed by atoms with Gasteiger partial charge in [-0.05, 0) is 130 Å². The fraction of sp³-hybridized carbons (Fsp3) is 0.953. The van der Waals surface area contributed by atoms with Crippen molar-refractivity contribution in [2.24, 2.45) is 51.2 Å². The smallest absolute Gasteiger partial charge is 0.186 e. The third kappa shape index (κ3) is 7.22. The Morgan fingerprint density at radius 1 is 0.764 bits per heavy atom. The second kappa shape index (κ2) is 15.7. The Morgan fingerprint density at radius 2 is 1.42 bits per heavy atom. The quantitative estimate of drug-likeness (QED) is 0.147. The van der Waals surface area contributed by atoms with Crippen LogP contribution in [0.1, 0.15) is 120 Å². The number of hydrogen-bond donors (Lipinski definition) is 9. The summed E-state index contributed by atoms with van der Waals surface area (Å²) in [7, 11) is 0. The third-order valence-corrected chi connectivity index (χ3v) is 17.2. The molecule has 5 aliphatic carbocycles. The van der Waals surface area contributed by atoms with Crippen LogP contribution in [0.4, 0.5) is 0 Å². The second-order valence-corrected chi connectivity index (χ2v) is 20.6. The van der Waals surface area contributed by atoms with Gasteiger partial charge in [0.05, 0.1) is 43.2 Å². The Labute approximate surface area is 328 Å². The van der Waals surface area contributed by atoms with Crippen LogP contribution < -0.4 is 0 Å². The molecule has 1 aliphatic heterocycles. The van der Waals surface area contributed by atoms with Crippen molar-refractivity contribution in [2.75, 3.05) is 13.2 Å². The first-order valence-electron chi connectivity index (χ1n) is 21.2. The van der Waals surface area contributed by atoms with Crippen molar-refractivity contribution >= 4 is 0 Å². The van der Waals surface area contributed by atoms with E-state index in [9.17, 15) is 46.0 Å². The Hall–Kier alpha value is -0.740. The molecule has 12 heteroatoms. The lowest BCUT2D eigenvalue weighted by Crippen LogP contribution is -2.66. The van der Waals surface area contributed by atoms with Gasteiger partial charge in [-0.15, -0.1) is 0 Å². The molecule has 55 heavy (non-hydrogen) atoms. The van der Waals surface area contributed by atoms with Gasteiger partial charge in [0, 0.05) is 5.92 Å². The zero-order chi connectivity index (χ0) is 40.6. The van der Waals surface area contributed by atoms with E-state index in [0.717, 1.165) is 44.9 Å². The van der Waals surface area contributed by atoms with Crippen LogP contribution >= 0.6 is 0 Å². The lowest BCUT2D eigenvalue weighted by molar-refractivity contribution is -0.308. The van der Waals surface area contributed by atoms with E-state index in [1.54, 1.807) is 0 Å². The van der Waals surface area contributed by atoms with Gasteiger partial charge < -0.3 is 60.2 Å². The normalized spacial score (nSPS) is 52.0. The monoisotopic (exact) mass is 783 g/mol. The summed E-state index contributed by atoms with van der Waals surface area (Å²) >= 11 is 0. The summed E-state index contributed by atoms with van der Waals surface area (Å²) in [6, 6.07) is 0. The lowest BCUT2D eigenvalue weighted by Gasteiger charge is -2.70. The second-order valence-electron chi connectivity index (χ2n) is 20.6. The zero-order valence-electron chi connectivity index (χ0n) is 34.5. The molecule has 0 radical (unpaired) electrons. The minimum atomic E-state index is -1.62. The van der Waals surface area contributed by atoms with Gasteiger partial charge in [-0.3, -0.25) is 0 Å². The van der Waals surface area contributed by atoms with Gasteiger partial charge in [0.1, 0.15) is 36.6 Å². The van der Waals surface area contributed by atoms with Crippen LogP contribution in [0.3, 0.4) is 0 Å². The molecule has 6 aliphatic rings. The summed E-state index contributed by atoms with van der Waals surface area (Å²) in [5.74, 6) is -0.183. The predicted octanol–water partition coefficient (Wildman–Crippen LogP) is 2.81. The molecule has 5 saturated carbocycles. The highest BCUT2D eigenvalue weighted by Gasteiger charge is 2.71. The highest BCUT2D eigenvalue weighted by molar-refractivity contribution is 5.20. The first kappa shape index (κ1) is 43.8. The number of rotatable bonds is 10. The van der Waals surface area contributed by atoms with Crippen molar-refractivity contribution in [1.29, 1.82) is 0 Å². The van der Waals surface area contributed by atoms with Crippen molar-refractivity contribution in [1.82, 2.24) is 0 Å². The fourth-order valence-corrected chi connectivity index (χ4v) is 13.7. The highest BCUT2D eigenvalue weighted by Crippen LogP contribution is 2.76. The summed E-state index contributed by atoms with van der Waals surface area (Å²) in [5.41, 5.74) is -0.0391. The summed E-state index contributed by atoms with van der Waals surface area (Å²) in [6.45, 7) is 17.1. The summed E-state index contributed by atoms with van der Waals surface area (Å²) in [4.78, 5) is 0. The minimum absolute atomic E-state index is 0.00188. The molecule has 0 aromatic carbocycles. The van der Waals surface area contributed by atoms with E-state index in [-0.39, 0.29) is 52.6 Å². The van der Waals surface area contributed by atoms with Gasteiger partial charge in [0.2, 0.25) is 0 Å². The average molecular weight is 783 g/mol. The van der Waals surface area contributed by atoms with E-state index < -0.39 is 79.4 Å². The summed E-state index contributed by atoms with van der Waals surface area (Å²) in [5, 5.41) is 97.9. The molecule has 9 N–H and O–H groups in total. The first-order valence-corrected chi connectivity index (χ1v) is 21.2. The average Bonchev–Trinajstić information content (AvgIpc) is 3.51. The van der Waals surface area contributed by atoms with Crippen LogP contribution in [0.25, 0.3) is 0 Å².